The number of rotatable bonds is 3. The summed E-state index contributed by atoms with van der Waals surface area (Å²) in [5.74, 6) is -0.458. The number of benzene rings is 2. The standard InChI is InChI=1S/C19H14N2O3/c22-18-17-16(13-8-4-5-9-15(13)21-18)14(10-20-17)19(23)24-11-12-6-2-1-3-7-12/h1-10,20H,11H2,(H,21,22). The second kappa shape index (κ2) is 5.70. The van der Waals surface area contributed by atoms with Crippen molar-refractivity contribution in [1.29, 1.82) is 0 Å². The van der Waals surface area contributed by atoms with Crippen LogP contribution in [-0.4, -0.2) is 15.9 Å². The smallest absolute Gasteiger partial charge is 0.340 e. The number of aromatic amines is 2. The molecular weight excluding hydrogens is 304 g/mol. The first-order chi connectivity index (χ1) is 11.7. The lowest BCUT2D eigenvalue weighted by atomic mass is 10.1. The van der Waals surface area contributed by atoms with Crippen molar-refractivity contribution in [3.63, 3.8) is 0 Å². The summed E-state index contributed by atoms with van der Waals surface area (Å²) in [6, 6.07) is 16.9. The second-order valence-electron chi connectivity index (χ2n) is 5.51. The van der Waals surface area contributed by atoms with Gasteiger partial charge in [-0.05, 0) is 11.6 Å². The molecule has 118 valence electrons. The molecule has 2 aromatic heterocycles. The SMILES string of the molecule is O=C(OCc1ccccc1)c1c[nH]c2c(=O)[nH]c3ccccc3c12. The highest BCUT2D eigenvalue weighted by Crippen LogP contribution is 2.25. The van der Waals surface area contributed by atoms with Crippen LogP contribution < -0.4 is 5.56 Å². The summed E-state index contributed by atoms with van der Waals surface area (Å²) in [4.78, 5) is 30.3. The second-order valence-corrected chi connectivity index (χ2v) is 5.51. The first-order valence-corrected chi connectivity index (χ1v) is 7.57. The van der Waals surface area contributed by atoms with E-state index < -0.39 is 5.97 Å². The number of carbonyl (C=O) groups is 1. The fraction of sp³-hybridized carbons (Fsp3) is 0.0526. The zero-order chi connectivity index (χ0) is 16.5. The number of H-pyrrole nitrogens is 2. The maximum Gasteiger partial charge on any atom is 0.340 e. The minimum Gasteiger partial charge on any atom is -0.457 e. The number of esters is 1. The molecule has 0 amide bonds. The van der Waals surface area contributed by atoms with E-state index in [1.165, 1.54) is 6.20 Å². The van der Waals surface area contributed by atoms with Crippen LogP contribution in [0, 0.1) is 0 Å². The number of para-hydroxylation sites is 1. The summed E-state index contributed by atoms with van der Waals surface area (Å²) >= 11 is 0. The molecule has 24 heavy (non-hydrogen) atoms. The molecule has 2 heterocycles. The average molecular weight is 318 g/mol. The lowest BCUT2D eigenvalue weighted by Crippen LogP contribution is -2.08. The summed E-state index contributed by atoms with van der Waals surface area (Å²) in [5.41, 5.74) is 2.08. The summed E-state index contributed by atoms with van der Waals surface area (Å²) in [6.45, 7) is 0.188. The summed E-state index contributed by atoms with van der Waals surface area (Å²) in [7, 11) is 0. The third-order valence-electron chi connectivity index (χ3n) is 3.98. The Hall–Kier alpha value is -3.34. The minimum absolute atomic E-state index is 0.188. The van der Waals surface area contributed by atoms with Crippen molar-refractivity contribution in [2.24, 2.45) is 0 Å². The van der Waals surface area contributed by atoms with Crippen molar-refractivity contribution < 1.29 is 9.53 Å². The first kappa shape index (κ1) is 14.3. The van der Waals surface area contributed by atoms with Crippen molar-refractivity contribution in [3.8, 4) is 0 Å². The molecule has 4 aromatic rings. The monoisotopic (exact) mass is 318 g/mol. The van der Waals surface area contributed by atoms with Gasteiger partial charge in [-0.25, -0.2) is 4.79 Å². The third-order valence-corrected chi connectivity index (χ3v) is 3.98. The number of hydrogen-bond acceptors (Lipinski definition) is 3. The molecule has 0 aliphatic rings. The Balaban J connectivity index is 1.76. The maximum atomic E-state index is 12.5. The molecule has 5 nitrogen and oxygen atoms in total. The van der Waals surface area contributed by atoms with Crippen LogP contribution in [0.4, 0.5) is 0 Å². The van der Waals surface area contributed by atoms with Gasteiger partial charge in [0.15, 0.2) is 0 Å². The van der Waals surface area contributed by atoms with Gasteiger partial charge in [0, 0.05) is 22.5 Å². The molecule has 0 atom stereocenters. The quantitative estimate of drug-likeness (QED) is 0.569. The van der Waals surface area contributed by atoms with Crippen molar-refractivity contribution in [2.45, 2.75) is 6.61 Å². The molecule has 0 saturated heterocycles. The van der Waals surface area contributed by atoms with Crippen LogP contribution >= 0.6 is 0 Å². The van der Waals surface area contributed by atoms with E-state index in [9.17, 15) is 9.59 Å². The summed E-state index contributed by atoms with van der Waals surface area (Å²) in [6.07, 6.45) is 1.53. The molecule has 0 unspecified atom stereocenters. The number of hydrogen-bond donors (Lipinski definition) is 2. The molecule has 4 rings (SSSR count). The molecule has 5 heteroatoms. The molecule has 0 radical (unpaired) electrons. The highest BCUT2D eigenvalue weighted by molar-refractivity contribution is 6.14. The number of aromatic nitrogens is 2. The van der Waals surface area contributed by atoms with Crippen molar-refractivity contribution in [2.75, 3.05) is 0 Å². The topological polar surface area (TPSA) is 75.0 Å². The molecule has 0 aliphatic carbocycles. The van der Waals surface area contributed by atoms with Crippen molar-refractivity contribution >= 4 is 27.8 Å². The van der Waals surface area contributed by atoms with E-state index >= 15 is 0 Å². The van der Waals surface area contributed by atoms with E-state index in [4.69, 9.17) is 4.74 Å². The van der Waals surface area contributed by atoms with Crippen LogP contribution in [-0.2, 0) is 11.3 Å². The van der Waals surface area contributed by atoms with Gasteiger partial charge in [-0.2, -0.15) is 0 Å². The van der Waals surface area contributed by atoms with E-state index in [1.807, 2.05) is 54.6 Å². The van der Waals surface area contributed by atoms with Gasteiger partial charge in [-0.15, -0.1) is 0 Å². The predicted molar refractivity (Wildman–Crippen MR) is 92.0 cm³/mol. The van der Waals surface area contributed by atoms with E-state index in [2.05, 4.69) is 9.97 Å². The summed E-state index contributed by atoms with van der Waals surface area (Å²) < 4.78 is 5.40. The average Bonchev–Trinajstić information content (AvgIpc) is 3.07. The Bertz CT molecular complexity index is 1090. The van der Waals surface area contributed by atoms with E-state index in [0.29, 0.717) is 22.0 Å². The van der Waals surface area contributed by atoms with Crippen LogP contribution in [0.3, 0.4) is 0 Å². The number of carbonyl (C=O) groups excluding carboxylic acids is 1. The molecule has 2 N–H and O–H groups in total. The number of nitrogens with one attached hydrogen (secondary N) is 2. The molecule has 0 saturated carbocycles. The van der Waals surface area contributed by atoms with Gasteiger partial charge >= 0.3 is 5.97 Å². The maximum absolute atomic E-state index is 12.5. The largest absolute Gasteiger partial charge is 0.457 e. The van der Waals surface area contributed by atoms with Crippen LogP contribution in [0.25, 0.3) is 21.8 Å². The Morgan fingerprint density at radius 1 is 1.00 bits per heavy atom. The van der Waals surface area contributed by atoms with Crippen LogP contribution in [0.1, 0.15) is 15.9 Å². The first-order valence-electron chi connectivity index (χ1n) is 7.57. The van der Waals surface area contributed by atoms with Crippen molar-refractivity contribution in [3.05, 3.63) is 82.3 Å². The Morgan fingerprint density at radius 2 is 1.75 bits per heavy atom. The third kappa shape index (κ3) is 2.36. The Morgan fingerprint density at radius 3 is 2.58 bits per heavy atom. The number of ether oxygens (including phenoxy) is 1. The van der Waals surface area contributed by atoms with Gasteiger partial charge in [0.05, 0.1) is 5.56 Å². The lowest BCUT2D eigenvalue weighted by molar-refractivity contribution is 0.0475. The number of pyridine rings is 1. The fourth-order valence-electron chi connectivity index (χ4n) is 2.84. The molecule has 0 bridgehead atoms. The summed E-state index contributed by atoms with van der Waals surface area (Å²) in [5, 5.41) is 1.40. The van der Waals surface area contributed by atoms with Gasteiger partial charge in [0.25, 0.3) is 5.56 Å². The van der Waals surface area contributed by atoms with Gasteiger partial charge in [0.1, 0.15) is 12.1 Å². The molecule has 2 aromatic carbocycles. The molecule has 0 fully saturated rings. The zero-order valence-corrected chi connectivity index (χ0v) is 12.7. The zero-order valence-electron chi connectivity index (χ0n) is 12.7. The Labute approximate surface area is 136 Å². The highest BCUT2D eigenvalue weighted by Gasteiger charge is 2.18. The Kier molecular flexibility index (Phi) is 3.39. The van der Waals surface area contributed by atoms with Crippen LogP contribution in [0.15, 0.2) is 65.6 Å². The molecular formula is C19H14N2O3. The van der Waals surface area contributed by atoms with E-state index in [0.717, 1.165) is 10.9 Å². The lowest BCUT2D eigenvalue weighted by Gasteiger charge is -2.05. The predicted octanol–water partition coefficient (Wildman–Crippen LogP) is 3.37. The van der Waals surface area contributed by atoms with Crippen LogP contribution in [0.2, 0.25) is 0 Å². The van der Waals surface area contributed by atoms with E-state index in [1.54, 1.807) is 0 Å². The van der Waals surface area contributed by atoms with Crippen LogP contribution in [0.5, 0.6) is 0 Å². The normalized spacial score (nSPS) is 11.0. The van der Waals surface area contributed by atoms with Gasteiger partial charge < -0.3 is 14.7 Å². The van der Waals surface area contributed by atoms with Gasteiger partial charge in [-0.3, -0.25) is 4.79 Å². The highest BCUT2D eigenvalue weighted by atomic mass is 16.5. The fourth-order valence-corrected chi connectivity index (χ4v) is 2.84. The van der Waals surface area contributed by atoms with Gasteiger partial charge in [-0.1, -0.05) is 48.5 Å². The van der Waals surface area contributed by atoms with E-state index in [-0.39, 0.29) is 12.2 Å². The number of fused-ring (bicyclic) bond motifs is 3. The minimum atomic E-state index is -0.458. The van der Waals surface area contributed by atoms with Crippen molar-refractivity contribution in [1.82, 2.24) is 9.97 Å². The molecule has 0 aliphatic heterocycles. The molecule has 0 spiro atoms. The van der Waals surface area contributed by atoms with Gasteiger partial charge in [0.2, 0.25) is 0 Å².